The molecule has 2 aromatic carbocycles. The number of carboxylic acid groups (broad SMARTS) is 1. The van der Waals surface area contributed by atoms with E-state index >= 15 is 0 Å². The number of carbonyl (C=O) groups is 2. The summed E-state index contributed by atoms with van der Waals surface area (Å²) < 4.78 is 6.34. The van der Waals surface area contributed by atoms with Crippen LogP contribution in [0.15, 0.2) is 41.8 Å². The number of thiazole rings is 1. The summed E-state index contributed by atoms with van der Waals surface area (Å²) in [5, 5.41) is 22.0. The number of anilines is 1. The zero-order valence-electron chi connectivity index (χ0n) is 24.0. The maximum absolute atomic E-state index is 12.8. The molecule has 0 unspecified atom stereocenters. The Kier molecular flexibility index (Phi) is 8.94. The summed E-state index contributed by atoms with van der Waals surface area (Å²) in [6.45, 7) is 8.68. The van der Waals surface area contributed by atoms with Crippen molar-refractivity contribution in [3.05, 3.63) is 64.0 Å². The van der Waals surface area contributed by atoms with E-state index in [0.717, 1.165) is 71.2 Å². The summed E-state index contributed by atoms with van der Waals surface area (Å²) in [6.07, 6.45) is 2.83. The standard InChI is InChI=1S/C32H39N3O5S/c1-4-34(11-12-36)30(37)23-8-9-25(21(3)14-23)18-40-29-10-5-20(2)13-27(29)28-19-41-32(33-28)35-16-22-6-7-24(17-35)26(15-22)31(38)39/h5,8-10,13-14,19,22,24,26,36H,4,6-7,11-12,15-18H2,1-3H3,(H,38,39)/t22-,24-,26-/m1/s1. The molecule has 3 atom stereocenters. The zero-order chi connectivity index (χ0) is 29.1. The van der Waals surface area contributed by atoms with Crippen LogP contribution >= 0.6 is 11.3 Å². The van der Waals surface area contributed by atoms with Crippen LogP contribution < -0.4 is 9.64 Å². The molecule has 6 rings (SSSR count). The number of benzene rings is 2. The third-order valence-electron chi connectivity index (χ3n) is 8.54. The van der Waals surface area contributed by atoms with Gasteiger partial charge in [-0.1, -0.05) is 17.7 Å². The molecule has 3 aromatic rings. The van der Waals surface area contributed by atoms with Crippen molar-refractivity contribution in [2.45, 2.75) is 46.6 Å². The monoisotopic (exact) mass is 577 g/mol. The summed E-state index contributed by atoms with van der Waals surface area (Å²) in [5.74, 6) is 0.300. The molecule has 2 N–H and O–H groups in total. The molecule has 41 heavy (non-hydrogen) atoms. The van der Waals surface area contributed by atoms with Crippen LogP contribution in [0.2, 0.25) is 0 Å². The minimum absolute atomic E-state index is 0.0614. The number of nitrogens with zero attached hydrogens (tertiary/aromatic N) is 3. The van der Waals surface area contributed by atoms with Crippen molar-refractivity contribution in [1.82, 2.24) is 9.88 Å². The molecule has 2 saturated heterocycles. The van der Waals surface area contributed by atoms with Gasteiger partial charge in [-0.15, -0.1) is 11.3 Å². The number of aliphatic carboxylic acids is 1. The predicted molar refractivity (Wildman–Crippen MR) is 161 cm³/mol. The highest BCUT2D eigenvalue weighted by Crippen LogP contribution is 2.42. The summed E-state index contributed by atoms with van der Waals surface area (Å²) in [6, 6.07) is 11.7. The van der Waals surface area contributed by atoms with Gasteiger partial charge in [0.1, 0.15) is 12.4 Å². The Hall–Kier alpha value is -3.43. The van der Waals surface area contributed by atoms with Crippen molar-refractivity contribution in [3.8, 4) is 17.0 Å². The number of aromatic nitrogens is 1. The highest BCUT2D eigenvalue weighted by atomic mass is 32.1. The first-order valence-electron chi connectivity index (χ1n) is 14.4. The Morgan fingerprint density at radius 3 is 2.71 bits per heavy atom. The number of rotatable bonds is 10. The number of aliphatic hydroxyl groups excluding tert-OH is 1. The molecule has 3 heterocycles. The number of aliphatic hydroxyl groups is 1. The molecule has 1 amide bonds. The quantitative estimate of drug-likeness (QED) is 0.333. The summed E-state index contributed by atoms with van der Waals surface area (Å²) >= 11 is 1.61. The van der Waals surface area contributed by atoms with E-state index in [-0.39, 0.29) is 24.3 Å². The second-order valence-electron chi connectivity index (χ2n) is 11.3. The van der Waals surface area contributed by atoms with Crippen LogP contribution in [-0.4, -0.2) is 64.8 Å². The van der Waals surface area contributed by atoms with Crippen LogP contribution in [0.1, 0.15) is 53.2 Å². The lowest BCUT2D eigenvalue weighted by molar-refractivity contribution is -0.145. The van der Waals surface area contributed by atoms with Gasteiger partial charge >= 0.3 is 5.97 Å². The molecule has 1 aliphatic carbocycles. The number of amides is 1. The average molecular weight is 578 g/mol. The minimum atomic E-state index is -0.663. The highest BCUT2D eigenvalue weighted by Gasteiger charge is 2.40. The summed E-state index contributed by atoms with van der Waals surface area (Å²) in [7, 11) is 0. The molecule has 2 aliphatic heterocycles. The number of carboxylic acids is 1. The van der Waals surface area contributed by atoms with Crippen LogP contribution in [0.5, 0.6) is 5.75 Å². The third kappa shape index (κ3) is 6.41. The van der Waals surface area contributed by atoms with E-state index in [4.69, 9.17) is 9.72 Å². The molecule has 0 spiro atoms. The lowest BCUT2D eigenvalue weighted by atomic mass is 9.76. The van der Waals surface area contributed by atoms with Crippen LogP contribution in [-0.2, 0) is 11.4 Å². The van der Waals surface area contributed by atoms with Gasteiger partial charge in [0.15, 0.2) is 5.13 Å². The number of fused-ring (bicyclic) bond motifs is 4. The van der Waals surface area contributed by atoms with Gasteiger partial charge in [-0.05, 0) is 87.3 Å². The lowest BCUT2D eigenvalue weighted by Crippen LogP contribution is -2.33. The Morgan fingerprint density at radius 2 is 1.98 bits per heavy atom. The van der Waals surface area contributed by atoms with Gasteiger partial charge in [-0.3, -0.25) is 9.59 Å². The smallest absolute Gasteiger partial charge is 0.306 e. The van der Waals surface area contributed by atoms with Crippen LogP contribution in [0.4, 0.5) is 5.13 Å². The fourth-order valence-electron chi connectivity index (χ4n) is 6.19. The third-order valence-corrected chi connectivity index (χ3v) is 9.44. The average Bonchev–Trinajstić information content (AvgIpc) is 3.27. The number of carbonyl (C=O) groups excluding carboxylic acids is 1. The number of likely N-dealkylation sites (N-methyl/N-ethyl adjacent to an activating group) is 1. The van der Waals surface area contributed by atoms with E-state index in [1.807, 2.05) is 44.2 Å². The van der Waals surface area contributed by atoms with Crippen molar-refractivity contribution >= 4 is 28.3 Å². The van der Waals surface area contributed by atoms with Gasteiger partial charge < -0.3 is 24.7 Å². The van der Waals surface area contributed by atoms with E-state index in [9.17, 15) is 19.8 Å². The zero-order valence-corrected chi connectivity index (χ0v) is 24.8. The molecule has 3 aliphatic rings. The van der Waals surface area contributed by atoms with Crippen molar-refractivity contribution in [3.63, 3.8) is 0 Å². The van der Waals surface area contributed by atoms with E-state index in [1.54, 1.807) is 16.2 Å². The maximum Gasteiger partial charge on any atom is 0.306 e. The van der Waals surface area contributed by atoms with E-state index < -0.39 is 5.97 Å². The van der Waals surface area contributed by atoms with E-state index in [2.05, 4.69) is 23.3 Å². The fraction of sp³-hybridized carbons (Fsp3) is 0.469. The molecule has 8 nitrogen and oxygen atoms in total. The Balaban J connectivity index is 1.32. The summed E-state index contributed by atoms with van der Waals surface area (Å²) in [4.78, 5) is 33.6. The van der Waals surface area contributed by atoms with Crippen molar-refractivity contribution in [2.24, 2.45) is 17.8 Å². The lowest BCUT2D eigenvalue weighted by Gasteiger charge is -2.28. The molecular weight excluding hydrogens is 538 g/mol. The fourth-order valence-corrected chi connectivity index (χ4v) is 7.03. The van der Waals surface area contributed by atoms with Gasteiger partial charge in [0, 0.05) is 42.7 Å². The number of ether oxygens (including phenoxy) is 1. The van der Waals surface area contributed by atoms with Crippen LogP contribution in [0, 0.1) is 31.6 Å². The first kappa shape index (κ1) is 29.1. The first-order chi connectivity index (χ1) is 19.8. The molecule has 218 valence electrons. The minimum Gasteiger partial charge on any atom is -0.488 e. The highest BCUT2D eigenvalue weighted by molar-refractivity contribution is 7.14. The van der Waals surface area contributed by atoms with Gasteiger partial charge in [-0.25, -0.2) is 4.98 Å². The molecule has 2 bridgehead atoms. The molecule has 0 radical (unpaired) electrons. The van der Waals surface area contributed by atoms with Crippen LogP contribution in [0.25, 0.3) is 11.3 Å². The number of aryl methyl sites for hydroxylation is 2. The maximum atomic E-state index is 12.8. The molecule has 1 saturated carbocycles. The van der Waals surface area contributed by atoms with Crippen molar-refractivity contribution in [2.75, 3.05) is 37.7 Å². The summed E-state index contributed by atoms with van der Waals surface area (Å²) in [5.41, 5.74) is 5.46. The SMILES string of the molecule is CCN(CCO)C(=O)c1ccc(COc2ccc(C)cc2-c2csc(N3C[C@@H]4CC[C@H](C3)[C@H](C(=O)O)C4)n2)c(C)c1. The molecule has 1 aromatic heterocycles. The topological polar surface area (TPSA) is 103 Å². The second kappa shape index (κ2) is 12.6. The van der Waals surface area contributed by atoms with Gasteiger partial charge in [0.05, 0.1) is 18.2 Å². The predicted octanol–water partition coefficient (Wildman–Crippen LogP) is 5.40. The van der Waals surface area contributed by atoms with Crippen molar-refractivity contribution in [1.29, 1.82) is 0 Å². The Bertz CT molecular complexity index is 1410. The van der Waals surface area contributed by atoms with Crippen molar-refractivity contribution < 1.29 is 24.5 Å². The Morgan fingerprint density at radius 1 is 1.15 bits per heavy atom. The number of hydrogen-bond donors (Lipinski definition) is 2. The van der Waals surface area contributed by atoms with Gasteiger partial charge in [-0.2, -0.15) is 0 Å². The number of hydrogen-bond acceptors (Lipinski definition) is 7. The largest absolute Gasteiger partial charge is 0.488 e. The Labute approximate surface area is 245 Å². The van der Waals surface area contributed by atoms with E-state index in [1.165, 1.54) is 0 Å². The van der Waals surface area contributed by atoms with Gasteiger partial charge in [0.25, 0.3) is 5.91 Å². The molecule has 3 fully saturated rings. The van der Waals surface area contributed by atoms with E-state index in [0.29, 0.717) is 31.2 Å². The normalized spacial score (nSPS) is 20.1. The molecule has 9 heteroatoms. The molecular formula is C32H39N3O5S. The van der Waals surface area contributed by atoms with Gasteiger partial charge in [0.2, 0.25) is 0 Å². The second-order valence-corrected chi connectivity index (χ2v) is 12.2. The first-order valence-corrected chi connectivity index (χ1v) is 15.3. The van der Waals surface area contributed by atoms with Crippen LogP contribution in [0.3, 0.4) is 0 Å².